The van der Waals surface area contributed by atoms with E-state index in [0.29, 0.717) is 0 Å². The summed E-state index contributed by atoms with van der Waals surface area (Å²) in [5.74, 6) is 0.111. The van der Waals surface area contributed by atoms with Crippen molar-refractivity contribution >= 4 is 60.3 Å². The van der Waals surface area contributed by atoms with Gasteiger partial charge in [0.1, 0.15) is 0 Å². The molecule has 0 bridgehead atoms. The van der Waals surface area contributed by atoms with E-state index in [1.807, 2.05) is 17.5 Å². The van der Waals surface area contributed by atoms with E-state index in [9.17, 15) is 4.79 Å². The second-order valence-electron chi connectivity index (χ2n) is 2.94. The Morgan fingerprint density at radius 2 is 2.00 bits per heavy atom. The predicted octanol–water partition coefficient (Wildman–Crippen LogP) is 5.20. The van der Waals surface area contributed by atoms with Gasteiger partial charge in [-0.25, -0.2) is 0 Å². The van der Waals surface area contributed by atoms with Crippen LogP contribution in [0, 0.1) is 0 Å². The Balaban J connectivity index is 2.54. The number of Topliss-reactive ketones (excluding diaryl/α,β-unsaturated/α-hetero) is 1. The third-order valence-electron chi connectivity index (χ3n) is 1.86. The van der Waals surface area contributed by atoms with E-state index in [1.165, 1.54) is 16.2 Å². The summed E-state index contributed by atoms with van der Waals surface area (Å²) in [4.78, 5) is 14.3. The summed E-state index contributed by atoms with van der Waals surface area (Å²) in [7, 11) is 0. The van der Waals surface area contributed by atoms with Crippen LogP contribution in [0.25, 0.3) is 9.75 Å². The number of carbonyl (C=O) groups is 1. The maximum Gasteiger partial charge on any atom is 0.169 e. The molecule has 2 aromatic rings. The van der Waals surface area contributed by atoms with Gasteiger partial charge in [0, 0.05) is 8.95 Å². The first-order valence-electron chi connectivity index (χ1n) is 4.13. The molecule has 0 N–H and O–H groups in total. The number of carbonyl (C=O) groups excluding carboxylic acids is 1. The van der Waals surface area contributed by atoms with E-state index in [4.69, 9.17) is 0 Å². The van der Waals surface area contributed by atoms with Crippen molar-refractivity contribution in [2.75, 3.05) is 0 Å². The van der Waals surface area contributed by atoms with Gasteiger partial charge in [0.15, 0.2) is 5.78 Å². The summed E-state index contributed by atoms with van der Waals surface area (Å²) in [5, 5.41) is 2.03. The van der Waals surface area contributed by atoms with Gasteiger partial charge in [0.25, 0.3) is 0 Å². The SMILES string of the molecule is CC(=O)c1cc(Br)c(-c2sccc2Br)s1. The highest BCUT2D eigenvalue weighted by Gasteiger charge is 2.14. The molecule has 0 saturated carbocycles. The molecular weight excluding hydrogens is 360 g/mol. The molecule has 15 heavy (non-hydrogen) atoms. The summed E-state index contributed by atoms with van der Waals surface area (Å²) < 4.78 is 2.06. The summed E-state index contributed by atoms with van der Waals surface area (Å²) >= 11 is 10.2. The molecule has 5 heteroatoms. The molecule has 0 saturated heterocycles. The van der Waals surface area contributed by atoms with E-state index in [2.05, 4.69) is 31.9 Å². The monoisotopic (exact) mass is 364 g/mol. The van der Waals surface area contributed by atoms with Crippen molar-refractivity contribution in [1.82, 2.24) is 0 Å². The Bertz CT molecular complexity index is 513. The number of rotatable bonds is 2. The first-order chi connectivity index (χ1) is 7.09. The topological polar surface area (TPSA) is 17.1 Å². The highest BCUT2D eigenvalue weighted by Crippen LogP contribution is 2.42. The maximum atomic E-state index is 11.2. The van der Waals surface area contributed by atoms with Gasteiger partial charge in [-0.15, -0.1) is 22.7 Å². The molecule has 78 valence electrons. The van der Waals surface area contributed by atoms with Gasteiger partial charge in [-0.2, -0.15) is 0 Å². The molecule has 0 unspecified atom stereocenters. The van der Waals surface area contributed by atoms with Gasteiger partial charge < -0.3 is 0 Å². The van der Waals surface area contributed by atoms with E-state index >= 15 is 0 Å². The van der Waals surface area contributed by atoms with Crippen molar-refractivity contribution in [3.63, 3.8) is 0 Å². The second kappa shape index (κ2) is 4.49. The molecular formula is C10H6Br2OS2. The molecule has 2 rings (SSSR count). The van der Waals surface area contributed by atoms with Crippen molar-refractivity contribution in [2.24, 2.45) is 0 Å². The van der Waals surface area contributed by atoms with E-state index < -0.39 is 0 Å². The fourth-order valence-electron chi connectivity index (χ4n) is 1.15. The predicted molar refractivity (Wildman–Crippen MR) is 73.0 cm³/mol. The summed E-state index contributed by atoms with van der Waals surface area (Å²) in [5.41, 5.74) is 0. The van der Waals surface area contributed by atoms with Crippen molar-refractivity contribution in [3.05, 3.63) is 31.3 Å². The molecule has 0 spiro atoms. The van der Waals surface area contributed by atoms with E-state index in [1.54, 1.807) is 18.3 Å². The second-order valence-corrected chi connectivity index (χ2v) is 6.62. The van der Waals surface area contributed by atoms with Crippen LogP contribution in [-0.2, 0) is 0 Å². The van der Waals surface area contributed by atoms with Gasteiger partial charge >= 0.3 is 0 Å². The standard InChI is InChI=1S/C10H6Br2OS2/c1-5(13)8-4-7(12)10(15-8)9-6(11)2-3-14-9/h2-4H,1H3. The fraction of sp³-hybridized carbons (Fsp3) is 0.100. The van der Waals surface area contributed by atoms with Crippen molar-refractivity contribution in [2.45, 2.75) is 6.92 Å². The molecule has 2 aromatic heterocycles. The number of hydrogen-bond acceptors (Lipinski definition) is 3. The third kappa shape index (κ3) is 2.25. The smallest absolute Gasteiger partial charge is 0.169 e. The third-order valence-corrected chi connectivity index (χ3v) is 5.98. The maximum absolute atomic E-state index is 11.2. The Labute approximate surface area is 112 Å². The van der Waals surface area contributed by atoms with E-state index in [0.717, 1.165) is 18.7 Å². The molecule has 2 heterocycles. The average molecular weight is 366 g/mol. The van der Waals surface area contributed by atoms with Crippen molar-refractivity contribution in [3.8, 4) is 9.75 Å². The Morgan fingerprint density at radius 3 is 2.47 bits per heavy atom. The van der Waals surface area contributed by atoms with Gasteiger partial charge in [0.05, 0.1) is 14.6 Å². The Kier molecular flexibility index (Phi) is 3.45. The van der Waals surface area contributed by atoms with Gasteiger partial charge in [-0.3, -0.25) is 4.79 Å². The van der Waals surface area contributed by atoms with Gasteiger partial charge in [-0.1, -0.05) is 0 Å². The molecule has 0 aromatic carbocycles. The lowest BCUT2D eigenvalue weighted by atomic mass is 10.3. The minimum absolute atomic E-state index is 0.111. The minimum atomic E-state index is 0.111. The number of halogens is 2. The molecule has 0 fully saturated rings. The van der Waals surface area contributed by atoms with Crippen LogP contribution in [0.2, 0.25) is 0 Å². The molecule has 0 atom stereocenters. The summed E-state index contributed by atoms with van der Waals surface area (Å²) in [6, 6.07) is 3.90. The van der Waals surface area contributed by atoms with Gasteiger partial charge in [-0.05, 0) is 56.3 Å². The Hall–Kier alpha value is 0.0300. The lowest BCUT2D eigenvalue weighted by molar-refractivity contribution is 0.102. The normalized spacial score (nSPS) is 10.6. The number of ketones is 1. The summed E-state index contributed by atoms with van der Waals surface area (Å²) in [6.07, 6.45) is 0. The van der Waals surface area contributed by atoms with Gasteiger partial charge in [0.2, 0.25) is 0 Å². The van der Waals surface area contributed by atoms with Crippen molar-refractivity contribution in [1.29, 1.82) is 0 Å². The zero-order valence-electron chi connectivity index (χ0n) is 7.71. The van der Waals surface area contributed by atoms with Crippen LogP contribution in [0.5, 0.6) is 0 Å². The lowest BCUT2D eigenvalue weighted by Crippen LogP contribution is -1.83. The van der Waals surface area contributed by atoms with Crippen LogP contribution in [0.15, 0.2) is 26.5 Å². The Morgan fingerprint density at radius 1 is 1.27 bits per heavy atom. The largest absolute Gasteiger partial charge is 0.294 e. The first-order valence-corrected chi connectivity index (χ1v) is 7.41. The molecule has 0 amide bonds. The van der Waals surface area contributed by atoms with Crippen LogP contribution in [-0.4, -0.2) is 5.78 Å². The highest BCUT2D eigenvalue weighted by molar-refractivity contribution is 9.11. The van der Waals surface area contributed by atoms with Crippen LogP contribution < -0.4 is 0 Å². The zero-order valence-corrected chi connectivity index (χ0v) is 12.5. The zero-order chi connectivity index (χ0) is 11.0. The number of hydrogen-bond donors (Lipinski definition) is 0. The molecule has 0 radical (unpaired) electrons. The molecule has 0 aliphatic heterocycles. The quantitative estimate of drug-likeness (QED) is 0.668. The van der Waals surface area contributed by atoms with Crippen LogP contribution in [0.1, 0.15) is 16.6 Å². The first kappa shape index (κ1) is 11.5. The van der Waals surface area contributed by atoms with E-state index in [-0.39, 0.29) is 5.78 Å². The minimum Gasteiger partial charge on any atom is -0.294 e. The fourth-order valence-corrected chi connectivity index (χ4v) is 4.93. The molecule has 0 aliphatic carbocycles. The average Bonchev–Trinajstić information content (AvgIpc) is 2.71. The number of thiophene rings is 2. The van der Waals surface area contributed by atoms with Crippen LogP contribution in [0.3, 0.4) is 0 Å². The lowest BCUT2D eigenvalue weighted by Gasteiger charge is -1.94. The van der Waals surface area contributed by atoms with Crippen molar-refractivity contribution < 1.29 is 4.79 Å². The van der Waals surface area contributed by atoms with Crippen LogP contribution in [0.4, 0.5) is 0 Å². The highest BCUT2D eigenvalue weighted by atomic mass is 79.9. The molecule has 0 aliphatic rings. The summed E-state index contributed by atoms with van der Waals surface area (Å²) in [6.45, 7) is 1.59. The van der Waals surface area contributed by atoms with Crippen LogP contribution >= 0.6 is 54.5 Å². The molecule has 1 nitrogen and oxygen atoms in total.